The molecule has 0 spiro atoms. The molecule has 0 aromatic heterocycles. The largest absolute Gasteiger partial charge is 0.329 e. The van der Waals surface area contributed by atoms with Gasteiger partial charge in [-0.1, -0.05) is 24.3 Å². The summed E-state index contributed by atoms with van der Waals surface area (Å²) in [7, 11) is 0. The summed E-state index contributed by atoms with van der Waals surface area (Å²) in [6, 6.07) is 8.91. The van der Waals surface area contributed by atoms with Crippen LogP contribution in [-0.4, -0.2) is 41.6 Å². The van der Waals surface area contributed by atoms with Crippen LogP contribution >= 0.6 is 11.8 Å². The van der Waals surface area contributed by atoms with Crippen LogP contribution in [0.4, 0.5) is 0 Å². The van der Waals surface area contributed by atoms with E-state index < -0.39 is 0 Å². The van der Waals surface area contributed by atoms with Crippen LogP contribution in [0, 0.1) is 0 Å². The molecule has 0 radical (unpaired) electrons. The number of fused-ring (bicyclic) bond motifs is 1. The highest BCUT2D eigenvalue weighted by Gasteiger charge is 2.39. The van der Waals surface area contributed by atoms with Crippen LogP contribution in [0.5, 0.6) is 0 Å². The van der Waals surface area contributed by atoms with Crippen LogP contribution in [0.15, 0.2) is 24.3 Å². The van der Waals surface area contributed by atoms with Gasteiger partial charge in [0.25, 0.3) is 0 Å². The van der Waals surface area contributed by atoms with Gasteiger partial charge < -0.3 is 5.73 Å². The van der Waals surface area contributed by atoms with Gasteiger partial charge in [0.15, 0.2) is 0 Å². The zero-order valence-corrected chi connectivity index (χ0v) is 11.7. The van der Waals surface area contributed by atoms with Crippen molar-refractivity contribution in [2.75, 3.05) is 31.1 Å². The van der Waals surface area contributed by atoms with E-state index in [9.17, 15) is 0 Å². The van der Waals surface area contributed by atoms with Gasteiger partial charge in [-0.3, -0.25) is 4.90 Å². The zero-order chi connectivity index (χ0) is 12.4. The number of hydrogen-bond acceptors (Lipinski definition) is 3. The monoisotopic (exact) mass is 262 g/mol. The Kier molecular flexibility index (Phi) is 3.64. The molecular formula is C15H22N2S. The van der Waals surface area contributed by atoms with E-state index in [1.165, 1.54) is 55.0 Å². The Morgan fingerprint density at radius 1 is 1.17 bits per heavy atom. The quantitative estimate of drug-likeness (QED) is 0.883. The maximum absolute atomic E-state index is 6.10. The number of nitrogens with two attached hydrogens (primary N) is 1. The predicted octanol–water partition coefficient (Wildman–Crippen LogP) is 1.92. The average Bonchev–Trinajstić information content (AvgIpc) is 2.80. The van der Waals surface area contributed by atoms with Crippen molar-refractivity contribution in [3.63, 3.8) is 0 Å². The van der Waals surface area contributed by atoms with Gasteiger partial charge in [-0.2, -0.15) is 11.8 Å². The fraction of sp³-hybridized carbons (Fsp3) is 0.600. The lowest BCUT2D eigenvalue weighted by molar-refractivity contribution is 0.122. The molecule has 1 unspecified atom stereocenters. The lowest BCUT2D eigenvalue weighted by atomic mass is 9.96. The summed E-state index contributed by atoms with van der Waals surface area (Å²) in [6.07, 6.45) is 3.63. The second-order valence-electron chi connectivity index (χ2n) is 5.49. The highest BCUT2D eigenvalue weighted by atomic mass is 32.2. The molecule has 2 nitrogen and oxygen atoms in total. The van der Waals surface area contributed by atoms with Gasteiger partial charge in [0.1, 0.15) is 0 Å². The van der Waals surface area contributed by atoms with Gasteiger partial charge in [0.05, 0.1) is 0 Å². The van der Waals surface area contributed by atoms with E-state index in [-0.39, 0.29) is 5.54 Å². The van der Waals surface area contributed by atoms with Crippen LogP contribution in [0.25, 0.3) is 0 Å². The maximum atomic E-state index is 6.10. The van der Waals surface area contributed by atoms with Crippen LogP contribution in [0.1, 0.15) is 17.5 Å². The summed E-state index contributed by atoms with van der Waals surface area (Å²) in [5.41, 5.74) is 9.46. The number of rotatable bonds is 2. The maximum Gasteiger partial charge on any atom is 0.0429 e. The van der Waals surface area contributed by atoms with Crippen molar-refractivity contribution >= 4 is 11.8 Å². The Balaban J connectivity index is 1.78. The fourth-order valence-corrected chi connectivity index (χ4v) is 4.77. The van der Waals surface area contributed by atoms with E-state index in [1.54, 1.807) is 0 Å². The van der Waals surface area contributed by atoms with Gasteiger partial charge in [-0.25, -0.2) is 0 Å². The molecule has 1 aromatic carbocycles. The van der Waals surface area contributed by atoms with Crippen LogP contribution < -0.4 is 5.73 Å². The van der Waals surface area contributed by atoms with E-state index in [1.807, 2.05) is 0 Å². The van der Waals surface area contributed by atoms with Gasteiger partial charge in [-0.15, -0.1) is 0 Å². The Morgan fingerprint density at radius 3 is 2.33 bits per heavy atom. The molecule has 3 rings (SSSR count). The van der Waals surface area contributed by atoms with Crippen molar-refractivity contribution in [2.24, 2.45) is 5.73 Å². The first-order valence-corrected chi connectivity index (χ1v) is 8.09. The first kappa shape index (κ1) is 12.5. The lowest BCUT2D eigenvalue weighted by Gasteiger charge is -2.39. The summed E-state index contributed by atoms with van der Waals surface area (Å²) < 4.78 is 0. The van der Waals surface area contributed by atoms with Gasteiger partial charge in [0.2, 0.25) is 0 Å². The van der Waals surface area contributed by atoms with Gasteiger partial charge in [-0.05, 0) is 36.1 Å². The predicted molar refractivity (Wildman–Crippen MR) is 79.2 cm³/mol. The van der Waals surface area contributed by atoms with E-state index in [0.717, 1.165) is 6.54 Å². The SMILES string of the molecule is NCC1(N2CCc3ccccc3CC2)CCSC1. The molecule has 1 fully saturated rings. The number of thioether (sulfide) groups is 1. The van der Waals surface area contributed by atoms with Crippen LogP contribution in [0.2, 0.25) is 0 Å². The Labute approximate surface area is 114 Å². The molecule has 1 aromatic rings. The Hall–Kier alpha value is -0.510. The van der Waals surface area contributed by atoms with Crippen molar-refractivity contribution in [3.8, 4) is 0 Å². The number of hydrogen-bond donors (Lipinski definition) is 1. The van der Waals surface area contributed by atoms with Crippen molar-refractivity contribution in [3.05, 3.63) is 35.4 Å². The summed E-state index contributed by atoms with van der Waals surface area (Å²) >= 11 is 2.07. The number of benzene rings is 1. The molecule has 98 valence electrons. The second kappa shape index (κ2) is 5.24. The second-order valence-corrected chi connectivity index (χ2v) is 6.59. The van der Waals surface area contributed by atoms with Crippen LogP contribution in [0.3, 0.4) is 0 Å². The highest BCUT2D eigenvalue weighted by Crippen LogP contribution is 2.34. The van der Waals surface area contributed by atoms with E-state index in [2.05, 4.69) is 40.9 Å². The molecule has 0 amide bonds. The third-order valence-electron chi connectivity index (χ3n) is 4.55. The van der Waals surface area contributed by atoms with Crippen LogP contribution in [-0.2, 0) is 12.8 Å². The molecular weight excluding hydrogens is 240 g/mol. The first-order chi connectivity index (χ1) is 8.84. The summed E-state index contributed by atoms with van der Waals surface area (Å²) in [4.78, 5) is 2.67. The van der Waals surface area contributed by atoms with Gasteiger partial charge >= 0.3 is 0 Å². The van der Waals surface area contributed by atoms with Gasteiger partial charge in [0, 0.05) is 30.9 Å². The minimum atomic E-state index is 0.284. The molecule has 0 aliphatic carbocycles. The Bertz CT molecular complexity index is 386. The molecule has 3 heteroatoms. The molecule has 2 N–H and O–H groups in total. The van der Waals surface area contributed by atoms with E-state index >= 15 is 0 Å². The van der Waals surface area contributed by atoms with Crippen molar-refractivity contribution in [1.29, 1.82) is 0 Å². The van der Waals surface area contributed by atoms with Crippen molar-refractivity contribution in [2.45, 2.75) is 24.8 Å². The molecule has 0 bridgehead atoms. The molecule has 2 heterocycles. The standard InChI is InChI=1S/C15H22N2S/c16-11-15(7-10-18-12-15)17-8-5-13-3-1-2-4-14(13)6-9-17/h1-4H,5-12,16H2. The molecule has 0 saturated carbocycles. The third kappa shape index (κ3) is 2.20. The van der Waals surface area contributed by atoms with E-state index in [4.69, 9.17) is 5.73 Å². The van der Waals surface area contributed by atoms with E-state index in [0.29, 0.717) is 0 Å². The molecule has 2 aliphatic heterocycles. The molecule has 2 aliphatic rings. The fourth-order valence-electron chi connectivity index (χ4n) is 3.28. The first-order valence-electron chi connectivity index (χ1n) is 6.94. The van der Waals surface area contributed by atoms with Crippen molar-refractivity contribution < 1.29 is 0 Å². The summed E-state index contributed by atoms with van der Waals surface area (Å²) in [6.45, 7) is 3.17. The average molecular weight is 262 g/mol. The molecule has 18 heavy (non-hydrogen) atoms. The Morgan fingerprint density at radius 2 is 1.83 bits per heavy atom. The minimum Gasteiger partial charge on any atom is -0.329 e. The third-order valence-corrected chi connectivity index (χ3v) is 5.79. The summed E-state index contributed by atoms with van der Waals surface area (Å²) in [5, 5.41) is 0. The molecule has 1 saturated heterocycles. The molecule has 1 atom stereocenters. The number of nitrogens with zero attached hydrogens (tertiary/aromatic N) is 1. The normalized spacial score (nSPS) is 28.9. The lowest BCUT2D eigenvalue weighted by Crippen LogP contribution is -2.55. The smallest absolute Gasteiger partial charge is 0.0429 e. The minimum absolute atomic E-state index is 0.284. The summed E-state index contributed by atoms with van der Waals surface area (Å²) in [5.74, 6) is 2.50. The zero-order valence-electron chi connectivity index (χ0n) is 10.9. The van der Waals surface area contributed by atoms with Crippen molar-refractivity contribution in [1.82, 2.24) is 4.90 Å². The topological polar surface area (TPSA) is 29.3 Å². The highest BCUT2D eigenvalue weighted by molar-refractivity contribution is 7.99.